The second-order valence-corrected chi connectivity index (χ2v) is 10.8. The van der Waals surface area contributed by atoms with Gasteiger partial charge in [0.25, 0.3) is 5.91 Å². The van der Waals surface area contributed by atoms with E-state index in [1.54, 1.807) is 36.3 Å². The predicted molar refractivity (Wildman–Crippen MR) is 148 cm³/mol. The van der Waals surface area contributed by atoms with Crippen LogP contribution in [0.15, 0.2) is 30.6 Å². The Morgan fingerprint density at radius 2 is 1.82 bits per heavy atom. The van der Waals surface area contributed by atoms with Gasteiger partial charge >= 0.3 is 6.09 Å². The van der Waals surface area contributed by atoms with Crippen LogP contribution >= 0.6 is 0 Å². The summed E-state index contributed by atoms with van der Waals surface area (Å²) in [5, 5.41) is 4.00. The van der Waals surface area contributed by atoms with Crippen LogP contribution in [0.3, 0.4) is 0 Å². The SMILES string of the molecule is CCC(C)n1c(C(=O)N(C)C)cc2cnc(Nc3ccc(N4CCN(C(=O)OC(C)(C)C)CC4)cn3)nc21. The van der Waals surface area contributed by atoms with E-state index in [0.717, 1.165) is 17.5 Å². The molecule has 11 heteroatoms. The van der Waals surface area contributed by atoms with Gasteiger partial charge in [-0.25, -0.2) is 14.8 Å². The molecular formula is C27H38N8O3. The summed E-state index contributed by atoms with van der Waals surface area (Å²) >= 11 is 0. The fraction of sp³-hybridized carbons (Fsp3) is 0.519. The molecule has 2 amide bonds. The fourth-order valence-corrected chi connectivity index (χ4v) is 4.33. The van der Waals surface area contributed by atoms with Gasteiger partial charge in [-0.2, -0.15) is 4.98 Å². The standard InChI is InChI=1S/C27H38N8O3/c1-8-18(2)35-21(24(36)32(6)7)15-19-16-29-25(31-23(19)35)30-22-10-9-20(17-28-22)33-11-13-34(14-12-33)26(37)38-27(3,4)5/h9-10,15-18H,8,11-14H2,1-7H3,(H,28,29,30,31). The zero-order chi connectivity index (χ0) is 27.6. The maximum absolute atomic E-state index is 12.8. The molecule has 0 radical (unpaired) electrons. The van der Waals surface area contributed by atoms with Crippen molar-refractivity contribution in [2.75, 3.05) is 50.5 Å². The Kier molecular flexibility index (Phi) is 7.75. The van der Waals surface area contributed by atoms with Crippen LogP contribution in [-0.4, -0.2) is 87.2 Å². The Hall–Kier alpha value is -3.89. The molecule has 1 N–H and O–H groups in total. The van der Waals surface area contributed by atoms with Crippen LogP contribution in [0.5, 0.6) is 0 Å². The summed E-state index contributed by atoms with van der Waals surface area (Å²) in [6.45, 7) is 12.4. The maximum Gasteiger partial charge on any atom is 0.410 e. The third kappa shape index (κ3) is 5.98. The first-order valence-corrected chi connectivity index (χ1v) is 13.0. The molecule has 4 heterocycles. The van der Waals surface area contributed by atoms with Crippen molar-refractivity contribution in [1.82, 2.24) is 29.3 Å². The van der Waals surface area contributed by atoms with Crippen molar-refractivity contribution in [3.05, 3.63) is 36.3 Å². The van der Waals surface area contributed by atoms with E-state index in [0.29, 0.717) is 49.3 Å². The lowest BCUT2D eigenvalue weighted by Gasteiger charge is -2.36. The lowest BCUT2D eigenvalue weighted by Crippen LogP contribution is -2.50. The molecule has 0 bridgehead atoms. The summed E-state index contributed by atoms with van der Waals surface area (Å²) in [6.07, 6.45) is 4.12. The third-order valence-electron chi connectivity index (χ3n) is 6.52. The zero-order valence-corrected chi connectivity index (χ0v) is 23.4. The molecule has 0 aromatic carbocycles. The number of hydrogen-bond acceptors (Lipinski definition) is 8. The van der Waals surface area contributed by atoms with Gasteiger partial charge in [-0.05, 0) is 52.3 Å². The number of ether oxygens (including phenoxy) is 1. The number of nitrogens with one attached hydrogen (secondary N) is 1. The van der Waals surface area contributed by atoms with Crippen LogP contribution in [0, 0.1) is 0 Å². The average Bonchev–Trinajstić information content (AvgIpc) is 3.26. The van der Waals surface area contributed by atoms with Gasteiger partial charge in [0.05, 0.1) is 11.9 Å². The molecule has 1 aliphatic rings. The highest BCUT2D eigenvalue weighted by molar-refractivity contribution is 5.97. The first-order chi connectivity index (χ1) is 18.0. The fourth-order valence-electron chi connectivity index (χ4n) is 4.33. The van der Waals surface area contributed by atoms with Crippen molar-refractivity contribution in [2.24, 2.45) is 0 Å². The minimum atomic E-state index is -0.501. The van der Waals surface area contributed by atoms with Gasteiger partial charge in [0.15, 0.2) is 0 Å². The van der Waals surface area contributed by atoms with Crippen molar-refractivity contribution in [2.45, 2.75) is 52.7 Å². The zero-order valence-electron chi connectivity index (χ0n) is 23.4. The molecule has 3 aromatic rings. The summed E-state index contributed by atoms with van der Waals surface area (Å²) in [6, 6.07) is 5.83. The van der Waals surface area contributed by atoms with Crippen LogP contribution in [0.25, 0.3) is 11.0 Å². The molecular weight excluding hydrogens is 484 g/mol. The van der Waals surface area contributed by atoms with Gasteiger partial charge in [-0.15, -0.1) is 0 Å². The Morgan fingerprint density at radius 1 is 1.11 bits per heavy atom. The summed E-state index contributed by atoms with van der Waals surface area (Å²) in [5.41, 5.74) is 1.79. The summed E-state index contributed by atoms with van der Waals surface area (Å²) < 4.78 is 7.47. The molecule has 0 aliphatic carbocycles. The number of fused-ring (bicyclic) bond motifs is 1. The molecule has 1 saturated heterocycles. The average molecular weight is 523 g/mol. The second kappa shape index (κ2) is 10.8. The topological polar surface area (TPSA) is 109 Å². The lowest BCUT2D eigenvalue weighted by atomic mass is 10.2. The number of piperazine rings is 1. The number of carbonyl (C=O) groups is 2. The van der Waals surface area contributed by atoms with E-state index in [9.17, 15) is 9.59 Å². The monoisotopic (exact) mass is 522 g/mol. The highest BCUT2D eigenvalue weighted by Crippen LogP contribution is 2.27. The quantitative estimate of drug-likeness (QED) is 0.510. The molecule has 1 aliphatic heterocycles. The molecule has 11 nitrogen and oxygen atoms in total. The van der Waals surface area contributed by atoms with E-state index in [-0.39, 0.29) is 18.0 Å². The number of aromatic nitrogens is 4. The summed E-state index contributed by atoms with van der Waals surface area (Å²) in [7, 11) is 3.49. The van der Waals surface area contributed by atoms with Crippen LogP contribution < -0.4 is 10.2 Å². The number of hydrogen-bond donors (Lipinski definition) is 1. The van der Waals surface area contributed by atoms with Crippen LogP contribution in [-0.2, 0) is 4.74 Å². The van der Waals surface area contributed by atoms with Crippen LogP contribution in [0.2, 0.25) is 0 Å². The largest absolute Gasteiger partial charge is 0.444 e. The van der Waals surface area contributed by atoms with Crippen molar-refractivity contribution < 1.29 is 14.3 Å². The molecule has 1 unspecified atom stereocenters. The smallest absolute Gasteiger partial charge is 0.410 e. The Morgan fingerprint density at radius 3 is 2.39 bits per heavy atom. The first kappa shape index (κ1) is 27.2. The number of amides is 2. The summed E-state index contributed by atoms with van der Waals surface area (Å²) in [4.78, 5) is 44.4. The van der Waals surface area contributed by atoms with E-state index in [2.05, 4.69) is 34.0 Å². The first-order valence-electron chi connectivity index (χ1n) is 13.0. The molecule has 1 atom stereocenters. The normalized spacial score (nSPS) is 14.9. The molecule has 3 aromatic heterocycles. The number of pyridine rings is 1. The van der Waals surface area contributed by atoms with Gasteiger partial charge in [-0.1, -0.05) is 6.92 Å². The molecule has 1 fully saturated rings. The summed E-state index contributed by atoms with van der Waals surface area (Å²) in [5.74, 6) is 0.962. The van der Waals surface area contributed by atoms with E-state index in [4.69, 9.17) is 9.72 Å². The molecule has 38 heavy (non-hydrogen) atoms. The van der Waals surface area contributed by atoms with Gasteiger partial charge in [0, 0.05) is 57.9 Å². The second-order valence-electron chi connectivity index (χ2n) is 10.8. The van der Waals surface area contributed by atoms with Gasteiger partial charge in [0.2, 0.25) is 5.95 Å². The van der Waals surface area contributed by atoms with Crippen LogP contribution in [0.4, 0.5) is 22.2 Å². The number of anilines is 3. The molecule has 0 spiro atoms. The van der Waals surface area contributed by atoms with Crippen molar-refractivity contribution in [3.63, 3.8) is 0 Å². The predicted octanol–water partition coefficient (Wildman–Crippen LogP) is 4.30. The Bertz CT molecular complexity index is 1290. The molecule has 204 valence electrons. The number of nitrogens with zero attached hydrogens (tertiary/aromatic N) is 7. The number of carbonyl (C=O) groups excluding carboxylic acids is 2. The van der Waals surface area contributed by atoms with Crippen molar-refractivity contribution >= 4 is 40.5 Å². The van der Waals surface area contributed by atoms with Gasteiger partial charge in [-0.3, -0.25) is 4.79 Å². The molecule has 4 rings (SSSR count). The van der Waals surface area contributed by atoms with Crippen LogP contribution in [0.1, 0.15) is 57.6 Å². The Balaban J connectivity index is 1.46. The Labute approximate surface area is 223 Å². The minimum Gasteiger partial charge on any atom is -0.444 e. The highest BCUT2D eigenvalue weighted by atomic mass is 16.6. The third-order valence-corrected chi connectivity index (χ3v) is 6.52. The highest BCUT2D eigenvalue weighted by Gasteiger charge is 2.26. The van der Waals surface area contributed by atoms with Crippen molar-refractivity contribution in [1.29, 1.82) is 0 Å². The van der Waals surface area contributed by atoms with Crippen molar-refractivity contribution in [3.8, 4) is 0 Å². The number of rotatable bonds is 6. The van der Waals surface area contributed by atoms with E-state index >= 15 is 0 Å². The van der Waals surface area contributed by atoms with E-state index < -0.39 is 5.60 Å². The van der Waals surface area contributed by atoms with Gasteiger partial charge in [0.1, 0.15) is 22.8 Å². The van der Waals surface area contributed by atoms with Gasteiger partial charge < -0.3 is 29.3 Å². The lowest BCUT2D eigenvalue weighted by molar-refractivity contribution is 0.0240. The van der Waals surface area contributed by atoms with E-state index in [1.807, 2.05) is 43.5 Å². The molecule has 0 saturated carbocycles. The van der Waals surface area contributed by atoms with E-state index in [1.165, 1.54) is 0 Å². The minimum absolute atomic E-state index is 0.0676. The maximum atomic E-state index is 12.8.